The van der Waals surface area contributed by atoms with E-state index in [1.807, 2.05) is 29.8 Å². The van der Waals surface area contributed by atoms with E-state index in [4.69, 9.17) is 4.74 Å². The number of nitrogens with one attached hydrogen (secondary N) is 1. The first-order valence-electron chi connectivity index (χ1n) is 13.4. The number of hydrogen-bond acceptors (Lipinski definition) is 5. The van der Waals surface area contributed by atoms with Crippen LogP contribution in [-0.2, 0) is 36.5 Å². The van der Waals surface area contributed by atoms with Crippen molar-refractivity contribution in [3.05, 3.63) is 76.4 Å². The number of rotatable bonds is 9. The molecule has 0 radical (unpaired) electrons. The Hall–Kier alpha value is -3.31. The number of benzene rings is 2. The van der Waals surface area contributed by atoms with Gasteiger partial charge < -0.3 is 19.5 Å². The molecule has 2 saturated carbocycles. The van der Waals surface area contributed by atoms with Gasteiger partial charge in [-0.2, -0.15) is 13.2 Å². The van der Waals surface area contributed by atoms with Gasteiger partial charge in [0, 0.05) is 43.9 Å². The molecule has 0 atom stereocenters. The fourth-order valence-corrected chi connectivity index (χ4v) is 6.16. The number of hydrogen-bond donors (Lipinski definition) is 1. The minimum absolute atomic E-state index is 0.0276. The quantitative estimate of drug-likeness (QED) is 0.378. The molecule has 1 aromatic heterocycles. The summed E-state index contributed by atoms with van der Waals surface area (Å²) < 4.78 is 63.1. The number of methoxy groups -OCH3 is 1. The second-order valence-corrected chi connectivity index (χ2v) is 11.5. The Morgan fingerprint density at radius 3 is 2.58 bits per heavy atom. The first kappa shape index (κ1) is 26.9. The smallest absolute Gasteiger partial charge is 0.381 e. The number of aryl methyl sites for hydroxylation is 1. The van der Waals surface area contributed by atoms with Gasteiger partial charge in [-0.05, 0) is 66.6 Å². The van der Waals surface area contributed by atoms with Crippen LogP contribution < -0.4 is 10.2 Å². The van der Waals surface area contributed by atoms with Crippen LogP contribution in [0.2, 0.25) is 0 Å². The van der Waals surface area contributed by atoms with Gasteiger partial charge in [0.25, 0.3) is 5.91 Å². The number of carbonyl (C=O) groups is 1. The highest BCUT2D eigenvalue weighted by atomic mass is 19.4. The summed E-state index contributed by atoms with van der Waals surface area (Å²) in [7, 11) is 3.53. The number of ether oxygens (including phenoxy) is 1. The van der Waals surface area contributed by atoms with E-state index >= 15 is 0 Å². The fraction of sp³-hybridized carbons (Fsp3) is 0.483. The molecule has 212 valence electrons. The Morgan fingerprint density at radius 1 is 1.18 bits per heavy atom. The molecule has 3 aliphatic rings. The van der Waals surface area contributed by atoms with Crippen molar-refractivity contribution in [3.8, 4) is 0 Å². The van der Waals surface area contributed by atoms with Gasteiger partial charge in [0.05, 0.1) is 30.3 Å². The third-order valence-corrected chi connectivity index (χ3v) is 8.81. The number of aromatic nitrogens is 3. The lowest BCUT2D eigenvalue weighted by molar-refractivity contribution is -0.138. The lowest BCUT2D eigenvalue weighted by Crippen LogP contribution is -2.48. The molecule has 1 N–H and O–H groups in total. The number of carbonyl (C=O) groups excluding carboxylic acids is 1. The minimum atomic E-state index is -4.62. The molecule has 0 bridgehead atoms. The Labute approximate surface area is 229 Å². The molecule has 1 aliphatic heterocycles. The third-order valence-electron chi connectivity index (χ3n) is 8.81. The highest BCUT2D eigenvalue weighted by Crippen LogP contribution is 2.50. The van der Waals surface area contributed by atoms with E-state index in [1.165, 1.54) is 11.0 Å². The molecule has 2 heterocycles. The van der Waals surface area contributed by atoms with Crippen LogP contribution in [-0.4, -0.2) is 47.1 Å². The number of alkyl halides is 4. The second-order valence-electron chi connectivity index (χ2n) is 11.5. The molecule has 40 heavy (non-hydrogen) atoms. The van der Waals surface area contributed by atoms with Crippen molar-refractivity contribution in [2.45, 2.75) is 56.5 Å². The van der Waals surface area contributed by atoms with E-state index in [2.05, 4.69) is 15.5 Å². The molecule has 6 rings (SSSR count). The summed E-state index contributed by atoms with van der Waals surface area (Å²) in [6, 6.07) is 10.0. The minimum Gasteiger partial charge on any atom is -0.381 e. The van der Waals surface area contributed by atoms with E-state index in [0.29, 0.717) is 30.6 Å². The van der Waals surface area contributed by atoms with Crippen LogP contribution in [0.4, 0.5) is 23.2 Å². The van der Waals surface area contributed by atoms with Gasteiger partial charge in [-0.25, -0.2) is 0 Å². The lowest BCUT2D eigenvalue weighted by atomic mass is 9.62. The number of anilines is 1. The van der Waals surface area contributed by atoms with E-state index in [-0.39, 0.29) is 30.3 Å². The van der Waals surface area contributed by atoms with Crippen molar-refractivity contribution in [2.24, 2.45) is 12.5 Å². The summed E-state index contributed by atoms with van der Waals surface area (Å²) in [5.74, 6) is 0.296. The molecule has 0 spiro atoms. The average molecular weight is 558 g/mol. The third kappa shape index (κ3) is 4.49. The molecule has 3 aromatic rings. The molecule has 1 amide bonds. The van der Waals surface area contributed by atoms with Crippen LogP contribution in [0.5, 0.6) is 0 Å². The van der Waals surface area contributed by atoms with E-state index in [0.717, 1.165) is 30.3 Å². The van der Waals surface area contributed by atoms with Gasteiger partial charge in [0.2, 0.25) is 0 Å². The van der Waals surface area contributed by atoms with Crippen LogP contribution in [0, 0.1) is 5.41 Å². The van der Waals surface area contributed by atoms with E-state index < -0.39 is 35.2 Å². The van der Waals surface area contributed by atoms with Crippen LogP contribution >= 0.6 is 0 Å². The number of amides is 1. The maximum absolute atomic E-state index is 14.2. The lowest BCUT2D eigenvalue weighted by Gasteiger charge is -2.46. The van der Waals surface area contributed by atoms with E-state index in [9.17, 15) is 22.4 Å². The summed E-state index contributed by atoms with van der Waals surface area (Å²) in [5.41, 5.74) is 0.117. The van der Waals surface area contributed by atoms with Crippen LogP contribution in [0.1, 0.15) is 64.1 Å². The normalized spacial score (nSPS) is 23.3. The highest BCUT2D eigenvalue weighted by Gasteiger charge is 2.50. The Morgan fingerprint density at radius 2 is 1.95 bits per heavy atom. The first-order chi connectivity index (χ1) is 19.1. The SMILES string of the molecule is COC1CC(c2cccc(N3Cc4c(cc(CNCC5(CF)CC5)cc4C(F)(F)F)C3=O)c2)(c2nncn2C)C1. The maximum Gasteiger partial charge on any atom is 0.416 e. The van der Waals surface area contributed by atoms with Crippen molar-refractivity contribution >= 4 is 11.6 Å². The van der Waals surface area contributed by atoms with Gasteiger partial charge in [0.15, 0.2) is 0 Å². The number of fused-ring (bicyclic) bond motifs is 1. The summed E-state index contributed by atoms with van der Waals surface area (Å²) in [6.07, 6.45) is -0.0622. The average Bonchev–Trinajstić information content (AvgIpc) is 3.44. The van der Waals surface area contributed by atoms with Crippen LogP contribution in [0.15, 0.2) is 42.7 Å². The first-order valence-corrected chi connectivity index (χ1v) is 13.4. The second kappa shape index (κ2) is 9.66. The molecule has 2 aromatic carbocycles. The molecule has 0 unspecified atom stereocenters. The molecule has 7 nitrogen and oxygen atoms in total. The predicted molar refractivity (Wildman–Crippen MR) is 140 cm³/mol. The zero-order valence-electron chi connectivity index (χ0n) is 22.4. The molecule has 2 aliphatic carbocycles. The van der Waals surface area contributed by atoms with Crippen molar-refractivity contribution in [1.82, 2.24) is 20.1 Å². The monoisotopic (exact) mass is 557 g/mol. The largest absolute Gasteiger partial charge is 0.416 e. The summed E-state index contributed by atoms with van der Waals surface area (Å²) >= 11 is 0. The van der Waals surface area contributed by atoms with Crippen molar-refractivity contribution in [2.75, 3.05) is 25.2 Å². The number of halogens is 4. The Bertz CT molecular complexity index is 1440. The van der Waals surface area contributed by atoms with Crippen molar-refractivity contribution in [1.29, 1.82) is 0 Å². The topological polar surface area (TPSA) is 72.3 Å². The Balaban J connectivity index is 1.31. The predicted octanol–water partition coefficient (Wildman–Crippen LogP) is 4.93. The van der Waals surface area contributed by atoms with Crippen LogP contribution in [0.3, 0.4) is 0 Å². The molecular weight excluding hydrogens is 526 g/mol. The summed E-state index contributed by atoms with van der Waals surface area (Å²) in [4.78, 5) is 15.0. The number of nitrogens with zero attached hydrogens (tertiary/aromatic N) is 4. The fourth-order valence-electron chi connectivity index (χ4n) is 6.16. The molecule has 0 saturated heterocycles. The maximum atomic E-state index is 14.2. The van der Waals surface area contributed by atoms with Gasteiger partial charge in [-0.3, -0.25) is 9.18 Å². The summed E-state index contributed by atoms with van der Waals surface area (Å²) in [6.45, 7) is -0.106. The van der Waals surface area contributed by atoms with E-state index in [1.54, 1.807) is 19.5 Å². The summed E-state index contributed by atoms with van der Waals surface area (Å²) in [5, 5.41) is 11.5. The van der Waals surface area contributed by atoms with Crippen molar-refractivity contribution < 1.29 is 27.1 Å². The van der Waals surface area contributed by atoms with Crippen molar-refractivity contribution in [3.63, 3.8) is 0 Å². The standard InChI is InChI=1S/C29H31F4N5O2/c1-37-17-35-36-26(37)28(11-21(12-28)40-2)19-4-3-5-20(10-19)38-14-23-22(25(38)39)8-18(9-24(23)29(31,32)33)13-34-16-27(15-30)6-7-27/h3-5,8-10,17,21,34H,6-7,11-16H2,1-2H3. The zero-order chi connectivity index (χ0) is 28.3. The Kier molecular flexibility index (Phi) is 6.49. The van der Waals surface area contributed by atoms with Gasteiger partial charge in [0.1, 0.15) is 12.2 Å². The zero-order valence-corrected chi connectivity index (χ0v) is 22.4. The molecule has 11 heteroatoms. The van der Waals surface area contributed by atoms with Gasteiger partial charge in [-0.1, -0.05) is 12.1 Å². The molecule has 2 fully saturated rings. The van der Waals surface area contributed by atoms with Gasteiger partial charge in [-0.15, -0.1) is 10.2 Å². The van der Waals surface area contributed by atoms with Crippen LogP contribution in [0.25, 0.3) is 0 Å². The highest BCUT2D eigenvalue weighted by molar-refractivity contribution is 6.10. The van der Waals surface area contributed by atoms with Gasteiger partial charge >= 0.3 is 6.18 Å². The molecular formula is C29H31F4N5O2.